The van der Waals surface area contributed by atoms with Crippen LogP contribution in [-0.2, 0) is 14.8 Å². The first-order valence-electron chi connectivity index (χ1n) is 9.20. The van der Waals surface area contributed by atoms with E-state index in [1.807, 2.05) is 30.3 Å². The molecule has 1 aliphatic heterocycles. The van der Waals surface area contributed by atoms with Gasteiger partial charge in [-0.2, -0.15) is 0 Å². The Balaban J connectivity index is 1.75. The first kappa shape index (κ1) is 20.6. The van der Waals surface area contributed by atoms with Gasteiger partial charge in [-0.1, -0.05) is 29.8 Å². The molecule has 1 saturated heterocycles. The first-order chi connectivity index (χ1) is 13.4. The summed E-state index contributed by atoms with van der Waals surface area (Å²) >= 11 is 6.10. The summed E-state index contributed by atoms with van der Waals surface area (Å²) in [6.07, 6.45) is 1.29. The van der Waals surface area contributed by atoms with Gasteiger partial charge in [-0.3, -0.25) is 4.79 Å². The fourth-order valence-corrected chi connectivity index (χ4v) is 4.48. The molecule has 6 nitrogen and oxygen atoms in total. The quantitative estimate of drug-likeness (QED) is 0.759. The van der Waals surface area contributed by atoms with E-state index in [4.69, 9.17) is 16.3 Å². The third kappa shape index (κ3) is 5.04. The predicted molar refractivity (Wildman–Crippen MR) is 110 cm³/mol. The van der Waals surface area contributed by atoms with Crippen LogP contribution in [0.3, 0.4) is 0 Å². The fourth-order valence-electron chi connectivity index (χ4n) is 3.13. The van der Waals surface area contributed by atoms with E-state index >= 15 is 0 Å². The van der Waals surface area contributed by atoms with Crippen LogP contribution < -0.4 is 10.1 Å². The van der Waals surface area contributed by atoms with Crippen LogP contribution in [0.5, 0.6) is 11.5 Å². The van der Waals surface area contributed by atoms with Gasteiger partial charge in [-0.05, 0) is 50.1 Å². The molecular formula is C20H23ClN2O4S. The van der Waals surface area contributed by atoms with Crippen LogP contribution in [-0.4, -0.2) is 37.5 Å². The molecule has 1 atom stereocenters. The molecule has 0 aromatic heterocycles. The van der Waals surface area contributed by atoms with Gasteiger partial charge in [-0.25, -0.2) is 12.7 Å². The van der Waals surface area contributed by atoms with Crippen molar-refractivity contribution in [1.82, 2.24) is 4.31 Å². The maximum absolute atomic E-state index is 12.8. The minimum absolute atomic E-state index is 0.0324. The molecule has 150 valence electrons. The summed E-state index contributed by atoms with van der Waals surface area (Å²) in [5.41, 5.74) is 0.455. The molecule has 1 fully saturated rings. The average Bonchev–Trinajstić information content (AvgIpc) is 2.71. The second kappa shape index (κ2) is 8.94. The number of carbonyl (C=O) groups excluding carboxylic acids is 1. The molecule has 0 saturated carbocycles. The normalized spacial score (nSPS) is 17.9. The molecule has 0 aliphatic carbocycles. The summed E-state index contributed by atoms with van der Waals surface area (Å²) in [5.74, 6) is 0.482. The molecule has 1 aliphatic rings. The number of benzene rings is 2. The van der Waals surface area contributed by atoms with Crippen molar-refractivity contribution < 1.29 is 17.9 Å². The van der Waals surface area contributed by atoms with Crippen LogP contribution in [0, 0.1) is 5.92 Å². The standard InChI is InChI=1S/C20H23ClN2O4S/c1-2-28(25,26)23-12-6-7-15(14-23)20(24)22-18-13-16(21)10-11-19(18)27-17-8-4-3-5-9-17/h3-5,8-11,13,15H,2,6-7,12,14H2,1H3,(H,22,24)/t15-/m0/s1. The molecule has 0 spiro atoms. The molecule has 1 amide bonds. The highest BCUT2D eigenvalue weighted by Gasteiger charge is 2.31. The maximum atomic E-state index is 12.8. The summed E-state index contributed by atoms with van der Waals surface area (Å²) in [6.45, 7) is 2.26. The Labute approximate surface area is 170 Å². The lowest BCUT2D eigenvalue weighted by molar-refractivity contribution is -0.120. The molecule has 3 rings (SSSR count). The third-order valence-electron chi connectivity index (χ3n) is 4.68. The molecule has 2 aromatic carbocycles. The Bertz CT molecular complexity index is 934. The fraction of sp³-hybridized carbons (Fsp3) is 0.350. The van der Waals surface area contributed by atoms with Gasteiger partial charge in [0.25, 0.3) is 0 Å². The van der Waals surface area contributed by atoms with Gasteiger partial charge in [0.15, 0.2) is 5.75 Å². The van der Waals surface area contributed by atoms with Crippen molar-refractivity contribution in [3.05, 3.63) is 53.6 Å². The van der Waals surface area contributed by atoms with Gasteiger partial charge in [0.2, 0.25) is 15.9 Å². The maximum Gasteiger partial charge on any atom is 0.228 e. The molecule has 0 unspecified atom stereocenters. The van der Waals surface area contributed by atoms with Crippen LogP contribution in [0.4, 0.5) is 5.69 Å². The number of piperidine rings is 1. The second-order valence-electron chi connectivity index (χ2n) is 6.64. The van der Waals surface area contributed by atoms with Gasteiger partial charge in [-0.15, -0.1) is 0 Å². The molecule has 8 heteroatoms. The largest absolute Gasteiger partial charge is 0.455 e. The zero-order valence-corrected chi connectivity index (χ0v) is 17.2. The second-order valence-corrected chi connectivity index (χ2v) is 9.34. The van der Waals surface area contributed by atoms with Crippen molar-refractivity contribution in [3.8, 4) is 11.5 Å². The summed E-state index contributed by atoms with van der Waals surface area (Å²) < 4.78 is 31.5. The summed E-state index contributed by atoms with van der Waals surface area (Å²) in [4.78, 5) is 12.8. The minimum atomic E-state index is -3.31. The lowest BCUT2D eigenvalue weighted by Gasteiger charge is -2.31. The lowest BCUT2D eigenvalue weighted by Crippen LogP contribution is -2.44. The molecular weight excluding hydrogens is 400 g/mol. The van der Waals surface area contributed by atoms with Gasteiger partial charge in [0.1, 0.15) is 5.75 Å². The Morgan fingerprint density at radius 2 is 2.00 bits per heavy atom. The van der Waals surface area contributed by atoms with Crippen LogP contribution >= 0.6 is 11.6 Å². The van der Waals surface area contributed by atoms with E-state index in [0.29, 0.717) is 41.6 Å². The number of hydrogen-bond donors (Lipinski definition) is 1. The molecule has 0 radical (unpaired) electrons. The van der Waals surface area contributed by atoms with Crippen LogP contribution in [0.2, 0.25) is 5.02 Å². The van der Waals surface area contributed by atoms with Crippen molar-refractivity contribution in [3.63, 3.8) is 0 Å². The number of nitrogens with zero attached hydrogens (tertiary/aromatic N) is 1. The average molecular weight is 423 g/mol. The van der Waals surface area contributed by atoms with Crippen LogP contribution in [0.1, 0.15) is 19.8 Å². The molecule has 1 N–H and O–H groups in total. The Kier molecular flexibility index (Phi) is 6.59. The number of anilines is 1. The number of para-hydroxylation sites is 1. The van der Waals surface area contributed by atoms with E-state index in [-0.39, 0.29) is 18.2 Å². The van der Waals surface area contributed by atoms with Crippen molar-refractivity contribution in [2.24, 2.45) is 5.92 Å². The number of nitrogens with one attached hydrogen (secondary N) is 1. The molecule has 2 aromatic rings. The van der Waals surface area contributed by atoms with Crippen LogP contribution in [0.15, 0.2) is 48.5 Å². The number of sulfonamides is 1. The zero-order chi connectivity index (χ0) is 20.1. The minimum Gasteiger partial charge on any atom is -0.455 e. The lowest BCUT2D eigenvalue weighted by atomic mass is 9.98. The molecule has 28 heavy (non-hydrogen) atoms. The summed E-state index contributed by atoms with van der Waals surface area (Å²) in [5, 5.41) is 3.33. The predicted octanol–water partition coefficient (Wildman–Crippen LogP) is 4.13. The summed E-state index contributed by atoms with van der Waals surface area (Å²) in [7, 11) is -3.31. The van der Waals surface area contributed by atoms with Crippen LogP contribution in [0.25, 0.3) is 0 Å². The van der Waals surface area contributed by atoms with E-state index in [1.54, 1.807) is 25.1 Å². The third-order valence-corrected chi connectivity index (χ3v) is 6.77. The van der Waals surface area contributed by atoms with Crippen molar-refractivity contribution in [2.45, 2.75) is 19.8 Å². The number of halogens is 1. The number of carbonyl (C=O) groups is 1. The number of amides is 1. The highest BCUT2D eigenvalue weighted by Crippen LogP contribution is 2.33. The SMILES string of the molecule is CCS(=O)(=O)N1CCC[C@H](C(=O)Nc2cc(Cl)ccc2Oc2ccccc2)C1. The highest BCUT2D eigenvalue weighted by atomic mass is 35.5. The summed E-state index contributed by atoms with van der Waals surface area (Å²) in [6, 6.07) is 14.2. The number of hydrogen-bond acceptors (Lipinski definition) is 4. The van der Waals surface area contributed by atoms with E-state index in [9.17, 15) is 13.2 Å². The van der Waals surface area contributed by atoms with E-state index in [1.165, 1.54) is 4.31 Å². The van der Waals surface area contributed by atoms with E-state index in [0.717, 1.165) is 0 Å². The Hall–Kier alpha value is -2.09. The Morgan fingerprint density at radius 1 is 1.25 bits per heavy atom. The van der Waals surface area contributed by atoms with E-state index in [2.05, 4.69) is 5.32 Å². The van der Waals surface area contributed by atoms with E-state index < -0.39 is 15.9 Å². The van der Waals surface area contributed by atoms with Crippen molar-refractivity contribution in [1.29, 1.82) is 0 Å². The van der Waals surface area contributed by atoms with Gasteiger partial charge in [0, 0.05) is 18.1 Å². The first-order valence-corrected chi connectivity index (χ1v) is 11.2. The van der Waals surface area contributed by atoms with Gasteiger partial charge in [0.05, 0.1) is 17.4 Å². The number of rotatable bonds is 6. The molecule has 0 bridgehead atoms. The zero-order valence-electron chi connectivity index (χ0n) is 15.6. The van der Waals surface area contributed by atoms with Gasteiger partial charge < -0.3 is 10.1 Å². The van der Waals surface area contributed by atoms with Crippen molar-refractivity contribution >= 4 is 33.2 Å². The van der Waals surface area contributed by atoms with Gasteiger partial charge >= 0.3 is 0 Å². The van der Waals surface area contributed by atoms with Crippen molar-refractivity contribution in [2.75, 3.05) is 24.2 Å². The molecule has 1 heterocycles. The highest BCUT2D eigenvalue weighted by molar-refractivity contribution is 7.89. The monoisotopic (exact) mass is 422 g/mol. The number of ether oxygens (including phenoxy) is 1. The smallest absolute Gasteiger partial charge is 0.228 e. The topological polar surface area (TPSA) is 75.7 Å². The Morgan fingerprint density at radius 3 is 2.71 bits per heavy atom.